The summed E-state index contributed by atoms with van der Waals surface area (Å²) in [5, 5.41) is 0. The van der Waals surface area contributed by atoms with Crippen LogP contribution >= 0.6 is 0 Å². The fourth-order valence-corrected chi connectivity index (χ4v) is 3.27. The molecule has 0 bridgehead atoms. The molecule has 0 saturated heterocycles. The Bertz CT molecular complexity index is 526. The Morgan fingerprint density at radius 2 is 2.11 bits per heavy atom. The maximum Gasteiger partial charge on any atom is 0.136 e. The fourth-order valence-electron chi connectivity index (χ4n) is 3.27. The zero-order valence-corrected chi connectivity index (χ0v) is 11.5. The molecule has 0 amide bonds. The van der Waals surface area contributed by atoms with E-state index in [1.54, 1.807) is 0 Å². The van der Waals surface area contributed by atoms with E-state index in [0.29, 0.717) is 0 Å². The van der Waals surface area contributed by atoms with Crippen molar-refractivity contribution in [3.05, 3.63) is 36.3 Å². The van der Waals surface area contributed by atoms with Gasteiger partial charge in [0.25, 0.3) is 0 Å². The van der Waals surface area contributed by atoms with Crippen LogP contribution in [0.25, 0.3) is 5.65 Å². The molecule has 1 atom stereocenters. The number of imidazole rings is 1. The van der Waals surface area contributed by atoms with Crippen LogP contribution in [0, 0.1) is 5.92 Å². The summed E-state index contributed by atoms with van der Waals surface area (Å²) in [6.45, 7) is 0. The highest BCUT2D eigenvalue weighted by atomic mass is 15.0. The van der Waals surface area contributed by atoms with E-state index in [-0.39, 0.29) is 6.04 Å². The molecule has 102 valence electrons. The molecule has 0 aromatic carbocycles. The summed E-state index contributed by atoms with van der Waals surface area (Å²) < 4.78 is 2.12. The topological polar surface area (TPSA) is 43.3 Å². The molecule has 0 aliphatic heterocycles. The molecule has 2 aromatic rings. The molecule has 19 heavy (non-hydrogen) atoms. The summed E-state index contributed by atoms with van der Waals surface area (Å²) >= 11 is 0. The van der Waals surface area contributed by atoms with Crippen LogP contribution in [0.1, 0.15) is 56.7 Å². The molecule has 2 heterocycles. The van der Waals surface area contributed by atoms with Crippen molar-refractivity contribution in [2.24, 2.45) is 11.7 Å². The molecule has 1 aliphatic carbocycles. The number of hydrogen-bond acceptors (Lipinski definition) is 2. The van der Waals surface area contributed by atoms with E-state index in [1.807, 2.05) is 24.4 Å². The lowest BCUT2D eigenvalue weighted by molar-refractivity contribution is 0.323. The van der Waals surface area contributed by atoms with Crippen LogP contribution < -0.4 is 5.73 Å². The normalized spacial score (nSPS) is 18.8. The zero-order chi connectivity index (χ0) is 13.1. The molecule has 2 aromatic heterocycles. The number of nitrogens with two attached hydrogens (primary N) is 1. The molecule has 3 heteroatoms. The number of aromatic nitrogens is 2. The SMILES string of the molecule is NC(CCC1CCCCC1)c1cnc2ccccn12. The highest BCUT2D eigenvalue weighted by Gasteiger charge is 2.17. The molecule has 1 aliphatic rings. The minimum atomic E-state index is 0.110. The van der Waals surface area contributed by atoms with Crippen molar-refractivity contribution in [1.82, 2.24) is 9.38 Å². The molecule has 2 N–H and O–H groups in total. The van der Waals surface area contributed by atoms with Gasteiger partial charge in [0.15, 0.2) is 0 Å². The van der Waals surface area contributed by atoms with Crippen molar-refractivity contribution in [3.8, 4) is 0 Å². The summed E-state index contributed by atoms with van der Waals surface area (Å²) in [6.07, 6.45) is 13.4. The van der Waals surface area contributed by atoms with Gasteiger partial charge in [-0.15, -0.1) is 0 Å². The van der Waals surface area contributed by atoms with Crippen molar-refractivity contribution in [2.75, 3.05) is 0 Å². The Labute approximate surface area is 114 Å². The zero-order valence-electron chi connectivity index (χ0n) is 11.5. The van der Waals surface area contributed by atoms with Crippen LogP contribution in [0.4, 0.5) is 0 Å². The van der Waals surface area contributed by atoms with E-state index in [0.717, 1.165) is 23.7 Å². The second kappa shape index (κ2) is 5.74. The lowest BCUT2D eigenvalue weighted by Gasteiger charge is -2.22. The van der Waals surface area contributed by atoms with E-state index in [9.17, 15) is 0 Å². The van der Waals surface area contributed by atoms with Crippen molar-refractivity contribution < 1.29 is 0 Å². The molecular formula is C16H23N3. The molecule has 0 spiro atoms. The molecule has 0 radical (unpaired) electrons. The maximum atomic E-state index is 6.36. The third-order valence-corrected chi connectivity index (χ3v) is 4.44. The highest BCUT2D eigenvalue weighted by molar-refractivity contribution is 5.40. The second-order valence-corrected chi connectivity index (χ2v) is 5.80. The van der Waals surface area contributed by atoms with Gasteiger partial charge in [-0.3, -0.25) is 0 Å². The largest absolute Gasteiger partial charge is 0.323 e. The van der Waals surface area contributed by atoms with E-state index < -0.39 is 0 Å². The van der Waals surface area contributed by atoms with Gasteiger partial charge < -0.3 is 10.1 Å². The summed E-state index contributed by atoms with van der Waals surface area (Å²) in [6, 6.07) is 6.18. The number of rotatable bonds is 4. The Morgan fingerprint density at radius 1 is 1.26 bits per heavy atom. The smallest absolute Gasteiger partial charge is 0.136 e. The van der Waals surface area contributed by atoms with Crippen molar-refractivity contribution >= 4 is 5.65 Å². The Kier molecular flexibility index (Phi) is 3.83. The molecule has 1 fully saturated rings. The monoisotopic (exact) mass is 257 g/mol. The lowest BCUT2D eigenvalue weighted by atomic mass is 9.85. The first-order chi connectivity index (χ1) is 9.34. The first kappa shape index (κ1) is 12.7. The van der Waals surface area contributed by atoms with E-state index in [2.05, 4.69) is 15.6 Å². The summed E-state index contributed by atoms with van der Waals surface area (Å²) in [4.78, 5) is 4.42. The number of nitrogens with zero attached hydrogens (tertiary/aromatic N) is 2. The standard InChI is InChI=1S/C16H23N3/c17-14(10-9-13-6-2-1-3-7-13)15-12-18-16-8-4-5-11-19(15)16/h4-5,8,11-14H,1-3,6-7,9-10,17H2. The summed E-state index contributed by atoms with van der Waals surface area (Å²) in [5.74, 6) is 0.902. The predicted molar refractivity (Wildman–Crippen MR) is 77.9 cm³/mol. The number of pyridine rings is 1. The molecule has 1 unspecified atom stereocenters. The molecule has 3 nitrogen and oxygen atoms in total. The quantitative estimate of drug-likeness (QED) is 0.907. The van der Waals surface area contributed by atoms with Crippen LogP contribution in [-0.4, -0.2) is 9.38 Å². The summed E-state index contributed by atoms with van der Waals surface area (Å²) in [7, 11) is 0. The lowest BCUT2D eigenvalue weighted by Crippen LogP contribution is -2.15. The van der Waals surface area contributed by atoms with Crippen LogP contribution in [-0.2, 0) is 0 Å². The molecule has 1 saturated carbocycles. The minimum Gasteiger partial charge on any atom is -0.323 e. The van der Waals surface area contributed by atoms with Gasteiger partial charge in [-0.25, -0.2) is 4.98 Å². The predicted octanol–water partition coefficient (Wildman–Crippen LogP) is 3.69. The van der Waals surface area contributed by atoms with Gasteiger partial charge in [0.1, 0.15) is 5.65 Å². The number of fused-ring (bicyclic) bond motifs is 1. The van der Waals surface area contributed by atoms with Gasteiger partial charge in [0.2, 0.25) is 0 Å². The first-order valence-corrected chi connectivity index (χ1v) is 7.52. The number of hydrogen-bond donors (Lipinski definition) is 1. The highest BCUT2D eigenvalue weighted by Crippen LogP contribution is 2.29. The summed E-state index contributed by atoms with van der Waals surface area (Å²) in [5.41, 5.74) is 8.50. The third kappa shape index (κ3) is 2.81. The van der Waals surface area contributed by atoms with Crippen LogP contribution in [0.5, 0.6) is 0 Å². The fraction of sp³-hybridized carbons (Fsp3) is 0.562. The van der Waals surface area contributed by atoms with Gasteiger partial charge in [-0.05, 0) is 30.9 Å². The average Bonchev–Trinajstić information content (AvgIpc) is 2.90. The Balaban J connectivity index is 1.64. The molecular weight excluding hydrogens is 234 g/mol. The van der Waals surface area contributed by atoms with Gasteiger partial charge in [0.05, 0.1) is 11.9 Å². The van der Waals surface area contributed by atoms with E-state index in [1.165, 1.54) is 38.5 Å². The third-order valence-electron chi connectivity index (χ3n) is 4.44. The van der Waals surface area contributed by atoms with Crippen molar-refractivity contribution in [3.63, 3.8) is 0 Å². The van der Waals surface area contributed by atoms with Gasteiger partial charge in [-0.1, -0.05) is 38.2 Å². The van der Waals surface area contributed by atoms with Gasteiger partial charge in [0, 0.05) is 12.2 Å². The minimum absolute atomic E-state index is 0.110. The Morgan fingerprint density at radius 3 is 2.95 bits per heavy atom. The maximum absolute atomic E-state index is 6.36. The first-order valence-electron chi connectivity index (χ1n) is 7.52. The van der Waals surface area contributed by atoms with E-state index in [4.69, 9.17) is 5.73 Å². The van der Waals surface area contributed by atoms with E-state index >= 15 is 0 Å². The van der Waals surface area contributed by atoms with Crippen LogP contribution in [0.2, 0.25) is 0 Å². The average molecular weight is 257 g/mol. The van der Waals surface area contributed by atoms with Gasteiger partial charge in [-0.2, -0.15) is 0 Å². The Hall–Kier alpha value is -1.35. The van der Waals surface area contributed by atoms with Crippen molar-refractivity contribution in [2.45, 2.75) is 51.0 Å². The van der Waals surface area contributed by atoms with Gasteiger partial charge >= 0.3 is 0 Å². The van der Waals surface area contributed by atoms with Crippen LogP contribution in [0.3, 0.4) is 0 Å². The van der Waals surface area contributed by atoms with Crippen molar-refractivity contribution in [1.29, 1.82) is 0 Å². The second-order valence-electron chi connectivity index (χ2n) is 5.80. The molecule has 3 rings (SSSR count). The van der Waals surface area contributed by atoms with Crippen LogP contribution in [0.15, 0.2) is 30.6 Å².